The molecular formula is C14H15Cl2N3O2. The number of hydrogen-bond donors (Lipinski definition) is 3. The lowest BCUT2D eigenvalue weighted by molar-refractivity contribution is 0.273. The molecule has 3 rings (SSSR count). The Labute approximate surface area is 134 Å². The predicted molar refractivity (Wildman–Crippen MR) is 87.4 cm³/mol. The van der Waals surface area contributed by atoms with Crippen LogP contribution in [0, 0.1) is 0 Å². The third kappa shape index (κ3) is 3.78. The van der Waals surface area contributed by atoms with E-state index in [0.717, 1.165) is 11.0 Å². The number of halogens is 2. The van der Waals surface area contributed by atoms with Gasteiger partial charge in [-0.2, -0.15) is 0 Å². The Morgan fingerprint density at radius 1 is 1.05 bits per heavy atom. The zero-order valence-corrected chi connectivity index (χ0v) is 12.6. The first-order valence-electron chi connectivity index (χ1n) is 5.87. The monoisotopic (exact) mass is 327 g/mol. The van der Waals surface area contributed by atoms with Crippen molar-refractivity contribution in [2.75, 3.05) is 5.73 Å². The SMILES string of the molecule is Cl.Cl.Nc1ccc(Oc2ccc3[nH]c(CO)nc3c2)cc1. The van der Waals surface area contributed by atoms with Crippen LogP contribution in [0.3, 0.4) is 0 Å². The number of nitrogens with zero attached hydrogens (tertiary/aromatic N) is 1. The molecule has 1 aromatic heterocycles. The van der Waals surface area contributed by atoms with Gasteiger partial charge in [-0.3, -0.25) is 0 Å². The van der Waals surface area contributed by atoms with Gasteiger partial charge < -0.3 is 20.6 Å². The quantitative estimate of drug-likeness (QED) is 0.644. The molecule has 7 heteroatoms. The van der Waals surface area contributed by atoms with E-state index < -0.39 is 0 Å². The van der Waals surface area contributed by atoms with Crippen molar-refractivity contribution in [3.8, 4) is 11.5 Å². The number of aliphatic hydroxyl groups is 1. The molecule has 0 aliphatic carbocycles. The summed E-state index contributed by atoms with van der Waals surface area (Å²) in [5.74, 6) is 1.94. The molecule has 0 bridgehead atoms. The topological polar surface area (TPSA) is 84.2 Å². The number of fused-ring (bicyclic) bond motifs is 1. The molecule has 0 aliphatic rings. The zero-order valence-electron chi connectivity index (χ0n) is 10.9. The number of H-pyrrole nitrogens is 1. The minimum Gasteiger partial charge on any atom is -0.457 e. The summed E-state index contributed by atoms with van der Waals surface area (Å²) in [5, 5.41) is 9.03. The molecule has 21 heavy (non-hydrogen) atoms. The third-order valence-corrected chi connectivity index (χ3v) is 2.77. The van der Waals surface area contributed by atoms with Crippen molar-refractivity contribution in [1.82, 2.24) is 9.97 Å². The van der Waals surface area contributed by atoms with Gasteiger partial charge in [0.05, 0.1) is 11.0 Å². The van der Waals surface area contributed by atoms with Crippen LogP contribution in [-0.2, 0) is 6.61 Å². The number of benzene rings is 2. The van der Waals surface area contributed by atoms with Crippen LogP contribution < -0.4 is 10.5 Å². The molecule has 0 unspecified atom stereocenters. The van der Waals surface area contributed by atoms with E-state index in [1.807, 2.05) is 30.3 Å². The summed E-state index contributed by atoms with van der Waals surface area (Å²) in [7, 11) is 0. The normalized spacial score (nSPS) is 9.76. The van der Waals surface area contributed by atoms with Crippen LogP contribution >= 0.6 is 24.8 Å². The number of imidazole rings is 1. The number of aliphatic hydroxyl groups excluding tert-OH is 1. The van der Waals surface area contributed by atoms with E-state index in [1.54, 1.807) is 12.1 Å². The number of ether oxygens (including phenoxy) is 1. The molecule has 1 heterocycles. The molecule has 3 aromatic rings. The van der Waals surface area contributed by atoms with Crippen molar-refractivity contribution in [2.24, 2.45) is 0 Å². The summed E-state index contributed by atoms with van der Waals surface area (Å²) < 4.78 is 5.71. The fraction of sp³-hybridized carbons (Fsp3) is 0.0714. The van der Waals surface area contributed by atoms with Crippen LogP contribution in [0.15, 0.2) is 42.5 Å². The van der Waals surface area contributed by atoms with Crippen LogP contribution in [0.2, 0.25) is 0 Å². The van der Waals surface area contributed by atoms with Gasteiger partial charge in [-0.15, -0.1) is 24.8 Å². The van der Waals surface area contributed by atoms with Crippen molar-refractivity contribution in [3.63, 3.8) is 0 Å². The Morgan fingerprint density at radius 3 is 2.38 bits per heavy atom. The maximum Gasteiger partial charge on any atom is 0.133 e. The molecule has 0 saturated carbocycles. The molecule has 0 amide bonds. The van der Waals surface area contributed by atoms with Gasteiger partial charge in [-0.05, 0) is 36.4 Å². The average Bonchev–Trinajstić information content (AvgIpc) is 2.83. The lowest BCUT2D eigenvalue weighted by Crippen LogP contribution is -1.86. The second-order valence-corrected chi connectivity index (χ2v) is 4.19. The summed E-state index contributed by atoms with van der Waals surface area (Å²) in [5.41, 5.74) is 7.95. The predicted octanol–water partition coefficient (Wildman–Crippen LogP) is 3.27. The molecule has 2 aromatic carbocycles. The second kappa shape index (κ2) is 7.17. The van der Waals surface area contributed by atoms with Crippen LogP contribution in [0.4, 0.5) is 5.69 Å². The summed E-state index contributed by atoms with van der Waals surface area (Å²) in [6, 6.07) is 12.7. The molecule has 0 radical (unpaired) electrons. The van der Waals surface area contributed by atoms with E-state index >= 15 is 0 Å². The van der Waals surface area contributed by atoms with E-state index in [4.69, 9.17) is 15.6 Å². The van der Waals surface area contributed by atoms with Gasteiger partial charge >= 0.3 is 0 Å². The number of nitrogens with one attached hydrogen (secondary N) is 1. The first kappa shape index (κ1) is 17.1. The Kier molecular flexibility index (Phi) is 5.84. The van der Waals surface area contributed by atoms with Crippen LogP contribution in [0.1, 0.15) is 5.82 Å². The average molecular weight is 328 g/mol. The highest BCUT2D eigenvalue weighted by atomic mass is 35.5. The Balaban J connectivity index is 0.00000110. The number of hydrogen-bond acceptors (Lipinski definition) is 4. The standard InChI is InChI=1S/C14H13N3O2.2ClH/c15-9-1-3-10(4-2-9)19-11-5-6-12-13(7-11)17-14(8-18)16-12;;/h1-7,18H,8,15H2,(H,16,17);2*1H. The second-order valence-electron chi connectivity index (χ2n) is 4.19. The highest BCUT2D eigenvalue weighted by molar-refractivity contribution is 5.85. The summed E-state index contributed by atoms with van der Waals surface area (Å²) in [4.78, 5) is 7.25. The lowest BCUT2D eigenvalue weighted by atomic mass is 10.3. The zero-order chi connectivity index (χ0) is 13.2. The minimum absolute atomic E-state index is 0. The van der Waals surface area contributed by atoms with Crippen molar-refractivity contribution in [3.05, 3.63) is 48.3 Å². The van der Waals surface area contributed by atoms with Crippen molar-refractivity contribution < 1.29 is 9.84 Å². The molecule has 0 fully saturated rings. The fourth-order valence-corrected chi connectivity index (χ4v) is 1.85. The van der Waals surface area contributed by atoms with Crippen LogP contribution in [-0.4, -0.2) is 15.1 Å². The van der Waals surface area contributed by atoms with Crippen molar-refractivity contribution in [2.45, 2.75) is 6.61 Å². The number of aromatic amines is 1. The smallest absolute Gasteiger partial charge is 0.133 e. The summed E-state index contributed by atoms with van der Waals surface area (Å²) in [6.45, 7) is -0.108. The summed E-state index contributed by atoms with van der Waals surface area (Å²) in [6.07, 6.45) is 0. The highest BCUT2D eigenvalue weighted by Crippen LogP contribution is 2.25. The first-order chi connectivity index (χ1) is 9.24. The Morgan fingerprint density at radius 2 is 1.71 bits per heavy atom. The molecule has 0 aliphatic heterocycles. The Bertz CT molecular complexity index is 714. The molecule has 0 spiro atoms. The van der Waals surface area contributed by atoms with Crippen LogP contribution in [0.5, 0.6) is 11.5 Å². The van der Waals surface area contributed by atoms with Crippen molar-refractivity contribution in [1.29, 1.82) is 0 Å². The van der Waals surface area contributed by atoms with Gasteiger partial charge in [0.25, 0.3) is 0 Å². The maximum atomic E-state index is 9.03. The molecule has 112 valence electrons. The van der Waals surface area contributed by atoms with Crippen molar-refractivity contribution >= 4 is 41.5 Å². The van der Waals surface area contributed by atoms with Gasteiger partial charge in [-0.1, -0.05) is 0 Å². The van der Waals surface area contributed by atoms with E-state index in [2.05, 4.69) is 9.97 Å². The molecule has 5 nitrogen and oxygen atoms in total. The van der Waals surface area contributed by atoms with E-state index in [-0.39, 0.29) is 31.4 Å². The van der Waals surface area contributed by atoms with E-state index in [0.29, 0.717) is 23.0 Å². The van der Waals surface area contributed by atoms with Gasteiger partial charge in [0.15, 0.2) is 0 Å². The number of anilines is 1. The van der Waals surface area contributed by atoms with Crippen LogP contribution in [0.25, 0.3) is 11.0 Å². The maximum absolute atomic E-state index is 9.03. The highest BCUT2D eigenvalue weighted by Gasteiger charge is 2.04. The molecule has 0 saturated heterocycles. The Hall–Kier alpha value is -1.95. The molecule has 4 N–H and O–H groups in total. The number of nitrogen functional groups attached to an aromatic ring is 1. The van der Waals surface area contributed by atoms with Gasteiger partial charge in [0.2, 0.25) is 0 Å². The molecular weight excluding hydrogens is 313 g/mol. The number of nitrogens with two attached hydrogens (primary N) is 1. The first-order valence-corrected chi connectivity index (χ1v) is 5.87. The fourth-order valence-electron chi connectivity index (χ4n) is 1.85. The minimum atomic E-state index is -0.108. The van der Waals surface area contributed by atoms with E-state index in [1.165, 1.54) is 0 Å². The van der Waals surface area contributed by atoms with Gasteiger partial charge in [0, 0.05) is 11.8 Å². The lowest BCUT2D eigenvalue weighted by Gasteiger charge is -2.05. The van der Waals surface area contributed by atoms with Gasteiger partial charge in [0.1, 0.15) is 23.9 Å². The van der Waals surface area contributed by atoms with Gasteiger partial charge in [-0.25, -0.2) is 4.98 Å². The number of rotatable bonds is 3. The summed E-state index contributed by atoms with van der Waals surface area (Å²) >= 11 is 0. The largest absolute Gasteiger partial charge is 0.457 e. The number of aromatic nitrogens is 2. The van der Waals surface area contributed by atoms with E-state index in [9.17, 15) is 0 Å². The third-order valence-electron chi connectivity index (χ3n) is 2.77. The molecule has 0 atom stereocenters.